The summed E-state index contributed by atoms with van der Waals surface area (Å²) < 4.78 is 0. The van der Waals surface area contributed by atoms with E-state index in [1.807, 2.05) is 55.4 Å². The first-order chi connectivity index (χ1) is 17.1. The number of hydrogen-bond acceptors (Lipinski definition) is 6. The van der Waals surface area contributed by atoms with Gasteiger partial charge in [-0.3, -0.25) is 24.6 Å². The Balaban J connectivity index is 1.88. The molecule has 1 heterocycles. The monoisotopic (exact) mass is 485 g/mol. The summed E-state index contributed by atoms with van der Waals surface area (Å²) in [5.74, 6) is -1.66. The van der Waals surface area contributed by atoms with Crippen LogP contribution in [0.25, 0.3) is 5.76 Å². The summed E-state index contributed by atoms with van der Waals surface area (Å²) in [5.41, 5.74) is 3.21. The minimum absolute atomic E-state index is 0.0668. The Bertz CT molecular complexity index is 1340. The fourth-order valence-electron chi connectivity index (χ4n) is 4.29. The Kier molecular flexibility index (Phi) is 6.61. The molecule has 0 spiro atoms. The first kappa shape index (κ1) is 24.7. The number of carbonyl (C=O) groups excluding carboxylic acids is 2. The summed E-state index contributed by atoms with van der Waals surface area (Å²) in [6.45, 7) is 4.14. The van der Waals surface area contributed by atoms with Crippen LogP contribution in [0, 0.1) is 10.1 Å². The van der Waals surface area contributed by atoms with E-state index in [1.165, 1.54) is 29.2 Å². The quantitative estimate of drug-likeness (QED) is 0.165. The largest absolute Gasteiger partial charge is 0.507 e. The van der Waals surface area contributed by atoms with Crippen LogP contribution in [0.1, 0.15) is 42.5 Å². The number of amides is 1. The zero-order valence-electron chi connectivity index (χ0n) is 20.5. The Hall–Kier alpha value is -4.46. The van der Waals surface area contributed by atoms with Gasteiger partial charge in [0.2, 0.25) is 0 Å². The van der Waals surface area contributed by atoms with Crippen molar-refractivity contribution in [2.45, 2.75) is 25.8 Å². The molecule has 1 aliphatic heterocycles. The molecule has 1 amide bonds. The minimum atomic E-state index is -0.869. The Morgan fingerprint density at radius 1 is 0.944 bits per heavy atom. The zero-order chi connectivity index (χ0) is 26.1. The summed E-state index contributed by atoms with van der Waals surface area (Å²) in [7, 11) is 3.81. The molecular weight excluding hydrogens is 458 g/mol. The van der Waals surface area contributed by atoms with E-state index in [9.17, 15) is 24.8 Å². The third kappa shape index (κ3) is 4.45. The first-order valence-electron chi connectivity index (χ1n) is 11.5. The number of hydrogen-bond donors (Lipinski definition) is 1. The van der Waals surface area contributed by atoms with E-state index >= 15 is 0 Å². The Morgan fingerprint density at radius 2 is 1.53 bits per heavy atom. The van der Waals surface area contributed by atoms with Crippen molar-refractivity contribution in [2.24, 2.45) is 0 Å². The van der Waals surface area contributed by atoms with Crippen LogP contribution in [-0.2, 0) is 9.59 Å². The summed E-state index contributed by atoms with van der Waals surface area (Å²) in [6.07, 6.45) is 0. The maximum absolute atomic E-state index is 13.3. The van der Waals surface area contributed by atoms with E-state index in [1.54, 1.807) is 12.1 Å². The highest BCUT2D eigenvalue weighted by molar-refractivity contribution is 6.51. The van der Waals surface area contributed by atoms with Gasteiger partial charge in [0.1, 0.15) is 5.76 Å². The fraction of sp³-hybridized carbons (Fsp3) is 0.214. The van der Waals surface area contributed by atoms with Crippen LogP contribution < -0.4 is 9.80 Å². The van der Waals surface area contributed by atoms with E-state index in [0.717, 1.165) is 11.3 Å². The maximum atomic E-state index is 13.3. The molecule has 36 heavy (non-hydrogen) atoms. The van der Waals surface area contributed by atoms with Crippen molar-refractivity contribution in [3.63, 3.8) is 0 Å². The van der Waals surface area contributed by atoms with Gasteiger partial charge in [0, 0.05) is 43.2 Å². The number of nitro groups is 1. The Labute approximate surface area is 209 Å². The zero-order valence-corrected chi connectivity index (χ0v) is 20.5. The number of non-ortho nitro benzene ring substituents is 1. The molecule has 184 valence electrons. The SMILES string of the molecule is CC(C)c1ccc(C2/C(=C(/O)c3ccc([N+](=O)[O-])cc3)C(=O)C(=O)N2c2ccc(N(C)C)cc2)cc1. The summed E-state index contributed by atoms with van der Waals surface area (Å²) in [4.78, 5) is 40.4. The van der Waals surface area contributed by atoms with Crippen molar-refractivity contribution >= 4 is 34.5 Å². The number of aliphatic hydroxyl groups is 1. The molecule has 3 aromatic rings. The smallest absolute Gasteiger partial charge is 0.300 e. The number of benzene rings is 3. The van der Waals surface area contributed by atoms with Gasteiger partial charge in [-0.1, -0.05) is 38.1 Å². The van der Waals surface area contributed by atoms with Gasteiger partial charge in [0.05, 0.1) is 16.5 Å². The standard InChI is InChI=1S/C28H27N3O5/c1-17(2)18-5-7-19(8-6-18)25-24(26(32)20-9-11-23(12-10-20)31(35)36)27(33)28(34)30(25)22-15-13-21(14-16-22)29(3)4/h5-17,25,32H,1-4H3/b26-24-. The molecule has 1 saturated heterocycles. The van der Waals surface area contributed by atoms with Crippen molar-refractivity contribution in [1.82, 2.24) is 0 Å². The summed E-state index contributed by atoms with van der Waals surface area (Å²) in [6, 6.07) is 19.2. The van der Waals surface area contributed by atoms with Crippen LogP contribution >= 0.6 is 0 Å². The molecule has 0 saturated carbocycles. The lowest BCUT2D eigenvalue weighted by Gasteiger charge is -2.26. The molecule has 1 aliphatic rings. The molecule has 0 aliphatic carbocycles. The van der Waals surface area contributed by atoms with Gasteiger partial charge in [-0.25, -0.2) is 0 Å². The van der Waals surface area contributed by atoms with Gasteiger partial charge < -0.3 is 10.0 Å². The number of carbonyl (C=O) groups is 2. The van der Waals surface area contributed by atoms with E-state index in [0.29, 0.717) is 17.2 Å². The van der Waals surface area contributed by atoms with Crippen LogP contribution in [-0.4, -0.2) is 35.8 Å². The van der Waals surface area contributed by atoms with Crippen molar-refractivity contribution in [1.29, 1.82) is 0 Å². The van der Waals surface area contributed by atoms with Gasteiger partial charge >= 0.3 is 0 Å². The molecule has 8 heteroatoms. The van der Waals surface area contributed by atoms with E-state index in [2.05, 4.69) is 13.8 Å². The van der Waals surface area contributed by atoms with Crippen LogP contribution in [0.3, 0.4) is 0 Å². The van der Waals surface area contributed by atoms with Crippen molar-refractivity contribution in [2.75, 3.05) is 23.9 Å². The van der Waals surface area contributed by atoms with Crippen molar-refractivity contribution < 1.29 is 19.6 Å². The predicted molar refractivity (Wildman–Crippen MR) is 139 cm³/mol. The second-order valence-corrected chi connectivity index (χ2v) is 9.21. The number of aliphatic hydroxyl groups excluding tert-OH is 1. The molecule has 0 radical (unpaired) electrons. The van der Waals surface area contributed by atoms with Crippen molar-refractivity contribution in [3.05, 3.63) is 105 Å². The highest BCUT2D eigenvalue weighted by atomic mass is 16.6. The third-order valence-electron chi connectivity index (χ3n) is 6.36. The lowest BCUT2D eigenvalue weighted by molar-refractivity contribution is -0.384. The number of Topliss-reactive ketones (excluding diaryl/α,β-unsaturated/α-hetero) is 1. The van der Waals surface area contributed by atoms with Crippen LogP contribution in [0.5, 0.6) is 0 Å². The van der Waals surface area contributed by atoms with Gasteiger partial charge in [0.25, 0.3) is 17.4 Å². The maximum Gasteiger partial charge on any atom is 0.300 e. The summed E-state index contributed by atoms with van der Waals surface area (Å²) in [5, 5.41) is 22.2. The lowest BCUT2D eigenvalue weighted by atomic mass is 9.93. The van der Waals surface area contributed by atoms with Gasteiger partial charge in [-0.2, -0.15) is 0 Å². The molecule has 1 fully saturated rings. The van der Waals surface area contributed by atoms with Gasteiger partial charge in [0.15, 0.2) is 0 Å². The Morgan fingerprint density at radius 3 is 2.03 bits per heavy atom. The number of anilines is 2. The molecule has 4 rings (SSSR count). The molecular formula is C28H27N3O5. The van der Waals surface area contributed by atoms with Gasteiger partial charge in [-0.05, 0) is 53.4 Å². The summed E-state index contributed by atoms with van der Waals surface area (Å²) >= 11 is 0. The average Bonchev–Trinajstić information content (AvgIpc) is 3.14. The number of nitro benzene ring substituents is 1. The second kappa shape index (κ2) is 9.65. The van der Waals surface area contributed by atoms with E-state index in [4.69, 9.17) is 0 Å². The van der Waals surface area contributed by atoms with Crippen LogP contribution in [0.4, 0.5) is 17.1 Å². The molecule has 1 N–H and O–H groups in total. The number of rotatable bonds is 6. The molecule has 1 atom stereocenters. The molecule has 3 aromatic carbocycles. The number of nitrogens with zero attached hydrogens (tertiary/aromatic N) is 3. The van der Waals surface area contributed by atoms with Crippen LogP contribution in [0.2, 0.25) is 0 Å². The second-order valence-electron chi connectivity index (χ2n) is 9.21. The molecule has 0 aromatic heterocycles. The topological polar surface area (TPSA) is 104 Å². The molecule has 1 unspecified atom stereocenters. The van der Waals surface area contributed by atoms with Crippen LogP contribution in [0.15, 0.2) is 78.4 Å². The lowest BCUT2D eigenvalue weighted by Crippen LogP contribution is -2.29. The molecule has 0 bridgehead atoms. The third-order valence-corrected chi connectivity index (χ3v) is 6.36. The first-order valence-corrected chi connectivity index (χ1v) is 11.5. The van der Waals surface area contributed by atoms with E-state index in [-0.39, 0.29) is 22.6 Å². The highest BCUT2D eigenvalue weighted by Gasteiger charge is 2.47. The predicted octanol–water partition coefficient (Wildman–Crippen LogP) is 5.41. The highest BCUT2D eigenvalue weighted by Crippen LogP contribution is 2.42. The van der Waals surface area contributed by atoms with Crippen molar-refractivity contribution in [3.8, 4) is 0 Å². The minimum Gasteiger partial charge on any atom is -0.507 e. The van der Waals surface area contributed by atoms with E-state index < -0.39 is 22.7 Å². The average molecular weight is 486 g/mol. The molecule has 8 nitrogen and oxygen atoms in total. The van der Waals surface area contributed by atoms with Gasteiger partial charge in [-0.15, -0.1) is 0 Å². The number of ketones is 1. The fourth-order valence-corrected chi connectivity index (χ4v) is 4.29. The normalized spacial score (nSPS) is 17.0.